The molecule has 0 unspecified atom stereocenters. The molecule has 0 atom stereocenters. The predicted octanol–water partition coefficient (Wildman–Crippen LogP) is 2.50. The summed E-state index contributed by atoms with van der Waals surface area (Å²) in [7, 11) is -3.93. The minimum Gasteiger partial charge on any atom is -0.435 e. The topological polar surface area (TPSA) is 81.2 Å². The van der Waals surface area contributed by atoms with E-state index in [-0.39, 0.29) is 15.8 Å². The number of alkyl halides is 2. The van der Waals surface area contributed by atoms with Crippen molar-refractivity contribution in [2.45, 2.75) is 24.9 Å². The first-order chi connectivity index (χ1) is 9.90. The van der Waals surface area contributed by atoms with Crippen molar-refractivity contribution in [1.29, 1.82) is 0 Å². The number of aromatic nitrogens is 2. The van der Waals surface area contributed by atoms with E-state index in [9.17, 15) is 17.2 Å². The van der Waals surface area contributed by atoms with Gasteiger partial charge in [0, 0.05) is 6.07 Å². The smallest absolute Gasteiger partial charge is 0.387 e. The van der Waals surface area contributed by atoms with Gasteiger partial charge in [-0.2, -0.15) is 8.78 Å². The Balaban J connectivity index is 2.22. The van der Waals surface area contributed by atoms with Gasteiger partial charge >= 0.3 is 6.61 Å². The number of anilines is 1. The third kappa shape index (κ3) is 4.08. The molecule has 2 rings (SSSR count). The number of nitrogens with one attached hydrogen (secondary N) is 1. The van der Waals surface area contributed by atoms with Crippen molar-refractivity contribution in [3.8, 4) is 5.75 Å². The summed E-state index contributed by atoms with van der Waals surface area (Å²) in [5.41, 5.74) is 0. The number of halogens is 2. The number of hydrogen-bond acceptors (Lipinski definition) is 6. The molecule has 0 aliphatic carbocycles. The van der Waals surface area contributed by atoms with Gasteiger partial charge in [0.2, 0.25) is 5.13 Å². The van der Waals surface area contributed by atoms with Crippen molar-refractivity contribution >= 4 is 26.5 Å². The van der Waals surface area contributed by atoms with Gasteiger partial charge in [-0.25, -0.2) is 8.42 Å². The molecule has 0 radical (unpaired) electrons. The second kappa shape index (κ2) is 6.31. The van der Waals surface area contributed by atoms with Crippen LogP contribution in [0.25, 0.3) is 0 Å². The zero-order chi connectivity index (χ0) is 15.5. The lowest BCUT2D eigenvalue weighted by Gasteiger charge is -2.08. The van der Waals surface area contributed by atoms with Gasteiger partial charge in [-0.15, -0.1) is 10.2 Å². The fourth-order valence-corrected chi connectivity index (χ4v) is 3.37. The van der Waals surface area contributed by atoms with Crippen LogP contribution in [-0.2, 0) is 16.4 Å². The normalized spacial score (nSPS) is 11.6. The molecule has 114 valence electrons. The summed E-state index contributed by atoms with van der Waals surface area (Å²) in [6, 6.07) is 4.83. The fraction of sp³-hybridized carbons (Fsp3) is 0.273. The standard InChI is InChI=1S/C11H11F2N3O3S2/c1-2-9-14-15-11(20-9)16-21(17,18)8-5-3-4-7(6-8)19-10(12)13/h3-6,10H,2H2,1H3,(H,15,16). The Morgan fingerprint density at radius 2 is 2.14 bits per heavy atom. The highest BCUT2D eigenvalue weighted by Gasteiger charge is 2.18. The number of rotatable bonds is 6. The van der Waals surface area contributed by atoms with Crippen LogP contribution in [0.3, 0.4) is 0 Å². The van der Waals surface area contributed by atoms with Crippen LogP contribution in [0, 0.1) is 0 Å². The van der Waals surface area contributed by atoms with Gasteiger partial charge in [0.15, 0.2) is 0 Å². The minimum atomic E-state index is -3.93. The molecule has 0 spiro atoms. The van der Waals surface area contributed by atoms with E-state index in [2.05, 4.69) is 19.7 Å². The maximum atomic E-state index is 12.1. The number of aryl methyl sites for hydroxylation is 1. The van der Waals surface area contributed by atoms with E-state index in [1.807, 2.05) is 6.92 Å². The van der Waals surface area contributed by atoms with Crippen molar-refractivity contribution < 1.29 is 21.9 Å². The van der Waals surface area contributed by atoms with Gasteiger partial charge < -0.3 is 4.74 Å². The van der Waals surface area contributed by atoms with Crippen LogP contribution in [0.2, 0.25) is 0 Å². The zero-order valence-corrected chi connectivity index (χ0v) is 12.4. The molecule has 0 amide bonds. The molecule has 1 aromatic carbocycles. The molecule has 0 aliphatic rings. The van der Waals surface area contributed by atoms with Crippen LogP contribution in [0.4, 0.5) is 13.9 Å². The van der Waals surface area contributed by atoms with Gasteiger partial charge in [0.25, 0.3) is 10.0 Å². The Hall–Kier alpha value is -1.81. The highest BCUT2D eigenvalue weighted by atomic mass is 32.2. The molecule has 0 saturated heterocycles. The lowest BCUT2D eigenvalue weighted by Crippen LogP contribution is -2.13. The van der Waals surface area contributed by atoms with E-state index in [1.54, 1.807) is 0 Å². The first-order valence-corrected chi connectivity index (χ1v) is 8.10. The van der Waals surface area contributed by atoms with Crippen LogP contribution in [0.5, 0.6) is 5.75 Å². The van der Waals surface area contributed by atoms with Gasteiger partial charge in [0.05, 0.1) is 4.90 Å². The first kappa shape index (κ1) is 15.6. The van der Waals surface area contributed by atoms with Crippen molar-refractivity contribution in [2.75, 3.05) is 4.72 Å². The lowest BCUT2D eigenvalue weighted by molar-refractivity contribution is -0.0499. The SMILES string of the molecule is CCc1nnc(NS(=O)(=O)c2cccc(OC(F)F)c2)s1. The highest BCUT2D eigenvalue weighted by molar-refractivity contribution is 7.93. The molecule has 6 nitrogen and oxygen atoms in total. The molecular weight excluding hydrogens is 324 g/mol. The second-order valence-electron chi connectivity index (χ2n) is 3.81. The third-order valence-electron chi connectivity index (χ3n) is 2.33. The quantitative estimate of drug-likeness (QED) is 0.877. The number of sulfonamides is 1. The van der Waals surface area contributed by atoms with Gasteiger partial charge in [-0.1, -0.05) is 24.3 Å². The Labute approximate surface area is 123 Å². The fourth-order valence-electron chi connectivity index (χ4n) is 1.43. The number of hydrogen-bond donors (Lipinski definition) is 1. The summed E-state index contributed by atoms with van der Waals surface area (Å²) in [4.78, 5) is -0.200. The Bertz CT molecular complexity index is 719. The molecular formula is C11H11F2N3O3S2. The van der Waals surface area contributed by atoms with Crippen LogP contribution in [0.15, 0.2) is 29.2 Å². The summed E-state index contributed by atoms with van der Waals surface area (Å²) in [5.74, 6) is -0.237. The Morgan fingerprint density at radius 3 is 2.76 bits per heavy atom. The molecule has 1 aromatic heterocycles. The Kier molecular flexibility index (Phi) is 4.68. The first-order valence-electron chi connectivity index (χ1n) is 5.81. The number of ether oxygens (including phenoxy) is 1. The molecule has 10 heteroatoms. The second-order valence-corrected chi connectivity index (χ2v) is 6.56. The molecule has 0 saturated carbocycles. The predicted molar refractivity (Wildman–Crippen MR) is 73.2 cm³/mol. The van der Waals surface area contributed by atoms with Crippen LogP contribution in [-0.4, -0.2) is 25.2 Å². The molecule has 0 bridgehead atoms. The maximum absolute atomic E-state index is 12.1. The van der Waals surface area contributed by atoms with Crippen molar-refractivity contribution in [2.24, 2.45) is 0 Å². The van der Waals surface area contributed by atoms with Crippen molar-refractivity contribution in [3.63, 3.8) is 0 Å². The van der Waals surface area contributed by atoms with E-state index < -0.39 is 16.6 Å². The minimum absolute atomic E-state index is 0.118. The van der Waals surface area contributed by atoms with Gasteiger partial charge in [-0.3, -0.25) is 4.72 Å². The van der Waals surface area contributed by atoms with Crippen LogP contribution < -0.4 is 9.46 Å². The summed E-state index contributed by atoms with van der Waals surface area (Å²) < 4.78 is 54.9. The van der Waals surface area contributed by atoms with Gasteiger partial charge in [0.1, 0.15) is 10.8 Å². The molecule has 1 N–H and O–H groups in total. The Morgan fingerprint density at radius 1 is 1.38 bits per heavy atom. The number of nitrogens with zero attached hydrogens (tertiary/aromatic N) is 2. The molecule has 21 heavy (non-hydrogen) atoms. The molecule has 0 fully saturated rings. The average molecular weight is 335 g/mol. The van der Waals surface area contributed by atoms with Crippen LogP contribution >= 0.6 is 11.3 Å². The summed E-state index contributed by atoms with van der Waals surface area (Å²) in [5, 5.41) is 8.28. The monoisotopic (exact) mass is 335 g/mol. The molecule has 0 aliphatic heterocycles. The van der Waals surface area contributed by atoms with Gasteiger partial charge in [-0.05, 0) is 18.6 Å². The molecule has 2 aromatic rings. The highest BCUT2D eigenvalue weighted by Crippen LogP contribution is 2.23. The van der Waals surface area contributed by atoms with E-state index in [4.69, 9.17) is 0 Å². The third-order valence-corrected chi connectivity index (χ3v) is 4.78. The number of benzene rings is 1. The largest absolute Gasteiger partial charge is 0.435 e. The summed E-state index contributed by atoms with van der Waals surface area (Å²) in [6.07, 6.45) is 0.636. The van der Waals surface area contributed by atoms with E-state index in [1.165, 1.54) is 18.2 Å². The van der Waals surface area contributed by atoms with E-state index in [0.717, 1.165) is 17.4 Å². The van der Waals surface area contributed by atoms with Crippen molar-refractivity contribution in [3.05, 3.63) is 29.3 Å². The van der Waals surface area contributed by atoms with Crippen molar-refractivity contribution in [1.82, 2.24) is 10.2 Å². The summed E-state index contributed by atoms with van der Waals surface area (Å²) >= 11 is 1.11. The van der Waals surface area contributed by atoms with Crippen LogP contribution in [0.1, 0.15) is 11.9 Å². The van der Waals surface area contributed by atoms with E-state index in [0.29, 0.717) is 11.4 Å². The lowest BCUT2D eigenvalue weighted by atomic mass is 10.3. The average Bonchev–Trinajstić information content (AvgIpc) is 2.85. The summed E-state index contributed by atoms with van der Waals surface area (Å²) in [6.45, 7) is -1.16. The van der Waals surface area contributed by atoms with E-state index >= 15 is 0 Å². The maximum Gasteiger partial charge on any atom is 0.387 e. The zero-order valence-electron chi connectivity index (χ0n) is 10.8. The molecule has 1 heterocycles.